The zero-order chi connectivity index (χ0) is 11.8. The third-order valence-electron chi connectivity index (χ3n) is 2.94. The highest BCUT2D eigenvalue weighted by Crippen LogP contribution is 2.09. The first kappa shape index (κ1) is 13.5. The zero-order valence-electron chi connectivity index (χ0n) is 10.6. The van der Waals surface area contributed by atoms with Gasteiger partial charge >= 0.3 is 0 Å². The molecule has 0 saturated carbocycles. The van der Waals surface area contributed by atoms with Crippen LogP contribution in [0.4, 0.5) is 0 Å². The van der Waals surface area contributed by atoms with Gasteiger partial charge in [0, 0.05) is 26.6 Å². The van der Waals surface area contributed by atoms with Gasteiger partial charge in [0.2, 0.25) is 5.91 Å². The number of rotatable bonds is 7. The van der Waals surface area contributed by atoms with E-state index in [-0.39, 0.29) is 5.91 Å². The van der Waals surface area contributed by atoms with Crippen molar-refractivity contribution < 1.29 is 4.79 Å². The van der Waals surface area contributed by atoms with Gasteiger partial charge in [-0.25, -0.2) is 0 Å². The molecule has 0 radical (unpaired) electrons. The predicted molar refractivity (Wildman–Crippen MR) is 66.4 cm³/mol. The standard InChI is InChI=1S/C12H25N3O/c1-11(10-15-7-3-4-8-15)9-13-5-6-14-12(2)16/h11,13H,3-10H2,1-2H3,(H,14,16). The Balaban J connectivity index is 1.93. The molecule has 16 heavy (non-hydrogen) atoms. The second-order valence-corrected chi connectivity index (χ2v) is 4.80. The molecule has 4 nitrogen and oxygen atoms in total. The van der Waals surface area contributed by atoms with E-state index in [2.05, 4.69) is 22.5 Å². The molecular formula is C12H25N3O. The van der Waals surface area contributed by atoms with Crippen LogP contribution in [0.3, 0.4) is 0 Å². The average molecular weight is 227 g/mol. The van der Waals surface area contributed by atoms with E-state index in [1.165, 1.54) is 32.5 Å². The Morgan fingerprint density at radius 3 is 2.62 bits per heavy atom. The number of carbonyl (C=O) groups excluding carboxylic acids is 1. The van der Waals surface area contributed by atoms with Crippen LogP contribution in [-0.4, -0.2) is 50.1 Å². The molecule has 94 valence electrons. The van der Waals surface area contributed by atoms with E-state index >= 15 is 0 Å². The fourth-order valence-corrected chi connectivity index (χ4v) is 2.15. The van der Waals surface area contributed by atoms with Crippen LogP contribution in [0.1, 0.15) is 26.7 Å². The summed E-state index contributed by atoms with van der Waals surface area (Å²) in [7, 11) is 0. The molecule has 1 rings (SSSR count). The Morgan fingerprint density at radius 1 is 1.31 bits per heavy atom. The molecule has 0 bridgehead atoms. The summed E-state index contributed by atoms with van der Waals surface area (Å²) in [5.41, 5.74) is 0. The lowest BCUT2D eigenvalue weighted by molar-refractivity contribution is -0.118. The molecular weight excluding hydrogens is 202 g/mol. The van der Waals surface area contributed by atoms with Crippen LogP contribution in [0.15, 0.2) is 0 Å². The van der Waals surface area contributed by atoms with Crippen molar-refractivity contribution in [1.29, 1.82) is 0 Å². The molecule has 0 aromatic rings. The molecule has 1 atom stereocenters. The van der Waals surface area contributed by atoms with Gasteiger partial charge in [0.05, 0.1) is 0 Å². The first-order valence-electron chi connectivity index (χ1n) is 6.36. The van der Waals surface area contributed by atoms with Crippen LogP contribution in [0, 0.1) is 5.92 Å². The maximum Gasteiger partial charge on any atom is 0.216 e. The monoisotopic (exact) mass is 227 g/mol. The smallest absolute Gasteiger partial charge is 0.216 e. The summed E-state index contributed by atoms with van der Waals surface area (Å²) in [6.45, 7) is 10.2. The molecule has 1 unspecified atom stereocenters. The van der Waals surface area contributed by atoms with Gasteiger partial charge in [0.1, 0.15) is 0 Å². The van der Waals surface area contributed by atoms with Gasteiger partial charge in [0.25, 0.3) is 0 Å². The lowest BCUT2D eigenvalue weighted by atomic mass is 10.1. The van der Waals surface area contributed by atoms with Gasteiger partial charge in [-0.15, -0.1) is 0 Å². The summed E-state index contributed by atoms with van der Waals surface area (Å²) in [4.78, 5) is 13.2. The molecule has 1 amide bonds. The average Bonchev–Trinajstić information content (AvgIpc) is 2.69. The molecule has 1 heterocycles. The maximum absolute atomic E-state index is 10.6. The van der Waals surface area contributed by atoms with Crippen LogP contribution in [0.2, 0.25) is 0 Å². The van der Waals surface area contributed by atoms with E-state index in [1.54, 1.807) is 6.92 Å². The summed E-state index contributed by atoms with van der Waals surface area (Å²) < 4.78 is 0. The first-order chi connectivity index (χ1) is 7.68. The summed E-state index contributed by atoms with van der Waals surface area (Å²) in [6, 6.07) is 0. The van der Waals surface area contributed by atoms with Crippen molar-refractivity contribution in [3.8, 4) is 0 Å². The molecule has 0 aromatic carbocycles. The van der Waals surface area contributed by atoms with E-state index in [9.17, 15) is 4.79 Å². The number of likely N-dealkylation sites (tertiary alicyclic amines) is 1. The highest BCUT2D eigenvalue weighted by molar-refractivity contribution is 5.72. The van der Waals surface area contributed by atoms with Gasteiger partial charge in [-0.3, -0.25) is 4.79 Å². The third kappa shape index (κ3) is 6.08. The fraction of sp³-hybridized carbons (Fsp3) is 0.917. The van der Waals surface area contributed by atoms with Crippen LogP contribution in [-0.2, 0) is 4.79 Å². The van der Waals surface area contributed by atoms with Crippen LogP contribution < -0.4 is 10.6 Å². The Kier molecular flexibility index (Phi) is 6.42. The van der Waals surface area contributed by atoms with Crippen molar-refractivity contribution in [2.24, 2.45) is 5.92 Å². The maximum atomic E-state index is 10.6. The van der Waals surface area contributed by atoms with Crippen LogP contribution in [0.25, 0.3) is 0 Å². The van der Waals surface area contributed by atoms with Crippen molar-refractivity contribution in [3.63, 3.8) is 0 Å². The molecule has 1 aliphatic heterocycles. The minimum Gasteiger partial charge on any atom is -0.355 e. The molecule has 1 fully saturated rings. The summed E-state index contributed by atoms with van der Waals surface area (Å²) in [5.74, 6) is 0.738. The van der Waals surface area contributed by atoms with Crippen molar-refractivity contribution >= 4 is 5.91 Å². The molecule has 0 aliphatic carbocycles. The number of hydrogen-bond acceptors (Lipinski definition) is 3. The largest absolute Gasteiger partial charge is 0.355 e. The molecule has 1 aliphatic rings. The summed E-state index contributed by atoms with van der Waals surface area (Å²) >= 11 is 0. The SMILES string of the molecule is CC(=O)NCCNCC(C)CN1CCCC1. The van der Waals surface area contributed by atoms with E-state index in [1.807, 2.05) is 0 Å². The first-order valence-corrected chi connectivity index (χ1v) is 6.36. The Hall–Kier alpha value is -0.610. The number of nitrogens with zero attached hydrogens (tertiary/aromatic N) is 1. The van der Waals surface area contributed by atoms with Crippen molar-refractivity contribution in [2.45, 2.75) is 26.7 Å². The zero-order valence-corrected chi connectivity index (χ0v) is 10.6. The third-order valence-corrected chi connectivity index (χ3v) is 2.94. The molecule has 4 heteroatoms. The Morgan fingerprint density at radius 2 is 2.00 bits per heavy atom. The lowest BCUT2D eigenvalue weighted by Gasteiger charge is -2.20. The quantitative estimate of drug-likeness (QED) is 0.621. The van der Waals surface area contributed by atoms with E-state index in [0.717, 1.165) is 19.6 Å². The van der Waals surface area contributed by atoms with Crippen LogP contribution >= 0.6 is 0 Å². The summed E-state index contributed by atoms with van der Waals surface area (Å²) in [5, 5.41) is 6.15. The van der Waals surface area contributed by atoms with E-state index < -0.39 is 0 Å². The molecule has 0 spiro atoms. The minimum atomic E-state index is 0.0481. The predicted octanol–water partition coefficient (Wildman–Crippen LogP) is 0.444. The highest BCUT2D eigenvalue weighted by atomic mass is 16.1. The van der Waals surface area contributed by atoms with Gasteiger partial charge in [-0.1, -0.05) is 6.92 Å². The highest BCUT2D eigenvalue weighted by Gasteiger charge is 2.13. The topological polar surface area (TPSA) is 44.4 Å². The Bertz CT molecular complexity index is 202. The molecule has 1 saturated heterocycles. The summed E-state index contributed by atoms with van der Waals surface area (Å²) in [6.07, 6.45) is 2.73. The second-order valence-electron chi connectivity index (χ2n) is 4.80. The van der Waals surface area contributed by atoms with Gasteiger partial charge in [-0.05, 0) is 38.4 Å². The number of amides is 1. The van der Waals surface area contributed by atoms with E-state index in [0.29, 0.717) is 5.92 Å². The minimum absolute atomic E-state index is 0.0481. The second kappa shape index (κ2) is 7.63. The lowest BCUT2D eigenvalue weighted by Crippen LogP contribution is -2.35. The van der Waals surface area contributed by atoms with Crippen molar-refractivity contribution in [3.05, 3.63) is 0 Å². The van der Waals surface area contributed by atoms with Gasteiger partial charge in [-0.2, -0.15) is 0 Å². The normalized spacial score (nSPS) is 18.6. The number of carbonyl (C=O) groups is 1. The number of hydrogen-bond donors (Lipinski definition) is 2. The van der Waals surface area contributed by atoms with Crippen LogP contribution in [0.5, 0.6) is 0 Å². The van der Waals surface area contributed by atoms with Gasteiger partial charge < -0.3 is 15.5 Å². The van der Waals surface area contributed by atoms with Crippen molar-refractivity contribution in [1.82, 2.24) is 15.5 Å². The molecule has 2 N–H and O–H groups in total. The number of nitrogens with one attached hydrogen (secondary N) is 2. The van der Waals surface area contributed by atoms with Gasteiger partial charge in [0.15, 0.2) is 0 Å². The van der Waals surface area contributed by atoms with Crippen molar-refractivity contribution in [2.75, 3.05) is 39.3 Å². The van der Waals surface area contributed by atoms with E-state index in [4.69, 9.17) is 0 Å². The fourth-order valence-electron chi connectivity index (χ4n) is 2.15. The Labute approximate surface area is 98.8 Å². The molecule has 0 aromatic heterocycles.